The van der Waals surface area contributed by atoms with E-state index in [1.165, 1.54) is 32.1 Å². The molecular formula is C13H27NO2. The summed E-state index contributed by atoms with van der Waals surface area (Å²) >= 11 is 0. The molecule has 1 fully saturated rings. The molecule has 0 bridgehead atoms. The van der Waals surface area contributed by atoms with E-state index in [-0.39, 0.29) is 6.61 Å². The predicted octanol–water partition coefficient (Wildman–Crippen LogP) is 1.94. The molecule has 0 amide bonds. The van der Waals surface area contributed by atoms with Gasteiger partial charge in [0.25, 0.3) is 0 Å². The van der Waals surface area contributed by atoms with Crippen molar-refractivity contribution in [3.05, 3.63) is 0 Å². The van der Waals surface area contributed by atoms with E-state index in [1.54, 1.807) is 0 Å². The molecule has 1 aliphatic carbocycles. The first kappa shape index (κ1) is 13.9. The second kappa shape index (κ2) is 8.97. The molecule has 1 unspecified atom stereocenters. The van der Waals surface area contributed by atoms with E-state index >= 15 is 0 Å². The summed E-state index contributed by atoms with van der Waals surface area (Å²) in [5.74, 6) is 0.783. The number of ether oxygens (including phenoxy) is 1. The molecule has 3 heteroatoms. The van der Waals surface area contributed by atoms with Gasteiger partial charge in [-0.15, -0.1) is 0 Å². The fraction of sp³-hybridized carbons (Fsp3) is 1.00. The van der Waals surface area contributed by atoms with Crippen LogP contribution in [0.25, 0.3) is 0 Å². The van der Waals surface area contributed by atoms with Crippen molar-refractivity contribution in [1.82, 2.24) is 5.32 Å². The van der Waals surface area contributed by atoms with Gasteiger partial charge in [-0.05, 0) is 31.7 Å². The van der Waals surface area contributed by atoms with Gasteiger partial charge in [0.1, 0.15) is 0 Å². The minimum Gasteiger partial charge on any atom is -0.396 e. The lowest BCUT2D eigenvalue weighted by Gasteiger charge is -2.23. The number of aliphatic hydroxyl groups excluding tert-OH is 1. The van der Waals surface area contributed by atoms with E-state index in [0.717, 1.165) is 32.1 Å². The maximum Gasteiger partial charge on any atom is 0.0620 e. The number of likely N-dealkylation sites (N-methyl/N-ethyl adjacent to an activating group) is 1. The topological polar surface area (TPSA) is 41.5 Å². The summed E-state index contributed by atoms with van der Waals surface area (Å²) in [6, 6.07) is 0.318. The van der Waals surface area contributed by atoms with Crippen molar-refractivity contribution < 1.29 is 9.84 Å². The third-order valence-corrected chi connectivity index (χ3v) is 3.37. The van der Waals surface area contributed by atoms with E-state index in [4.69, 9.17) is 9.84 Å². The van der Waals surface area contributed by atoms with Crippen LogP contribution < -0.4 is 5.32 Å². The van der Waals surface area contributed by atoms with E-state index < -0.39 is 0 Å². The van der Waals surface area contributed by atoms with Crippen LogP contribution in [0, 0.1) is 5.92 Å². The van der Waals surface area contributed by atoms with E-state index in [2.05, 4.69) is 12.2 Å². The van der Waals surface area contributed by atoms with Gasteiger partial charge in [0.2, 0.25) is 0 Å². The summed E-state index contributed by atoms with van der Waals surface area (Å²) in [5, 5.41) is 12.3. The Morgan fingerprint density at radius 2 is 2.06 bits per heavy atom. The summed E-state index contributed by atoms with van der Waals surface area (Å²) < 4.78 is 5.77. The Bertz CT molecular complexity index is 152. The van der Waals surface area contributed by atoms with Gasteiger partial charge in [0, 0.05) is 19.3 Å². The molecule has 0 radical (unpaired) electrons. The molecule has 3 nitrogen and oxygen atoms in total. The first-order chi connectivity index (χ1) is 7.86. The zero-order chi connectivity index (χ0) is 11.6. The smallest absolute Gasteiger partial charge is 0.0620 e. The third-order valence-electron chi connectivity index (χ3n) is 3.37. The average Bonchev–Trinajstić information content (AvgIpc) is 2.31. The highest BCUT2D eigenvalue weighted by Gasteiger charge is 2.14. The standard InChI is InChI=1S/C13H27NO2/c1-2-14-13(8-9-15)11-16-10-12-6-4-3-5-7-12/h12-15H,2-11H2,1H3. The SMILES string of the molecule is CCNC(CCO)COCC1CCCCC1. The van der Waals surface area contributed by atoms with Gasteiger partial charge < -0.3 is 15.2 Å². The first-order valence-electron chi connectivity index (χ1n) is 6.78. The number of hydrogen-bond donors (Lipinski definition) is 2. The van der Waals surface area contributed by atoms with Gasteiger partial charge in [0.15, 0.2) is 0 Å². The highest BCUT2D eigenvalue weighted by molar-refractivity contribution is 4.67. The van der Waals surface area contributed by atoms with E-state index in [9.17, 15) is 0 Å². The molecule has 1 saturated carbocycles. The summed E-state index contributed by atoms with van der Waals surface area (Å²) in [4.78, 5) is 0. The van der Waals surface area contributed by atoms with Gasteiger partial charge in [0.05, 0.1) is 6.61 Å². The molecule has 0 aromatic heterocycles. The van der Waals surface area contributed by atoms with Crippen molar-refractivity contribution in [2.24, 2.45) is 5.92 Å². The molecular weight excluding hydrogens is 202 g/mol. The molecule has 16 heavy (non-hydrogen) atoms. The van der Waals surface area contributed by atoms with Crippen molar-refractivity contribution in [1.29, 1.82) is 0 Å². The van der Waals surface area contributed by atoms with Crippen LogP contribution in [0.15, 0.2) is 0 Å². The molecule has 0 aliphatic heterocycles. The highest BCUT2D eigenvalue weighted by atomic mass is 16.5. The fourth-order valence-electron chi connectivity index (χ4n) is 2.42. The minimum atomic E-state index is 0.241. The van der Waals surface area contributed by atoms with Crippen molar-refractivity contribution >= 4 is 0 Å². The Labute approximate surface area is 99.6 Å². The number of aliphatic hydroxyl groups is 1. The van der Waals surface area contributed by atoms with Gasteiger partial charge >= 0.3 is 0 Å². The molecule has 2 N–H and O–H groups in total. The first-order valence-corrected chi connectivity index (χ1v) is 6.78. The number of nitrogens with one attached hydrogen (secondary N) is 1. The normalized spacial score (nSPS) is 19.9. The van der Waals surface area contributed by atoms with Crippen molar-refractivity contribution in [2.75, 3.05) is 26.4 Å². The number of hydrogen-bond acceptors (Lipinski definition) is 3. The lowest BCUT2D eigenvalue weighted by Crippen LogP contribution is -2.34. The maximum atomic E-state index is 8.92. The Morgan fingerprint density at radius 1 is 1.31 bits per heavy atom. The molecule has 0 aromatic carbocycles. The fourth-order valence-corrected chi connectivity index (χ4v) is 2.42. The van der Waals surface area contributed by atoms with Gasteiger partial charge in [-0.3, -0.25) is 0 Å². The Kier molecular flexibility index (Phi) is 7.81. The molecule has 0 spiro atoms. The predicted molar refractivity (Wildman–Crippen MR) is 66.6 cm³/mol. The van der Waals surface area contributed by atoms with Gasteiger partial charge in [-0.25, -0.2) is 0 Å². The highest BCUT2D eigenvalue weighted by Crippen LogP contribution is 2.23. The number of rotatable bonds is 8. The largest absolute Gasteiger partial charge is 0.396 e. The van der Waals surface area contributed by atoms with Crippen LogP contribution in [0.5, 0.6) is 0 Å². The molecule has 0 saturated heterocycles. The van der Waals surface area contributed by atoms with Crippen molar-refractivity contribution in [2.45, 2.75) is 51.5 Å². The van der Waals surface area contributed by atoms with Crippen LogP contribution in [-0.2, 0) is 4.74 Å². The zero-order valence-corrected chi connectivity index (χ0v) is 10.6. The average molecular weight is 229 g/mol. The molecule has 1 rings (SSSR count). The Morgan fingerprint density at radius 3 is 2.69 bits per heavy atom. The molecule has 0 heterocycles. The van der Waals surface area contributed by atoms with E-state index in [0.29, 0.717) is 6.04 Å². The van der Waals surface area contributed by atoms with Crippen LogP contribution >= 0.6 is 0 Å². The Hall–Kier alpha value is -0.120. The molecule has 1 aliphatic rings. The maximum absolute atomic E-state index is 8.92. The van der Waals surface area contributed by atoms with Crippen molar-refractivity contribution in [3.8, 4) is 0 Å². The molecule has 96 valence electrons. The van der Waals surface area contributed by atoms with Gasteiger partial charge in [-0.1, -0.05) is 26.2 Å². The van der Waals surface area contributed by atoms with Crippen LogP contribution in [0.3, 0.4) is 0 Å². The second-order valence-corrected chi connectivity index (χ2v) is 4.81. The zero-order valence-electron chi connectivity index (χ0n) is 10.6. The van der Waals surface area contributed by atoms with Crippen LogP contribution in [0.1, 0.15) is 45.4 Å². The van der Waals surface area contributed by atoms with Crippen LogP contribution in [-0.4, -0.2) is 37.5 Å². The molecule has 1 atom stereocenters. The minimum absolute atomic E-state index is 0.241. The van der Waals surface area contributed by atoms with Crippen LogP contribution in [0.4, 0.5) is 0 Å². The Balaban J connectivity index is 2.06. The second-order valence-electron chi connectivity index (χ2n) is 4.81. The van der Waals surface area contributed by atoms with Crippen LogP contribution in [0.2, 0.25) is 0 Å². The lowest BCUT2D eigenvalue weighted by atomic mass is 9.90. The summed E-state index contributed by atoms with van der Waals surface area (Å²) in [7, 11) is 0. The third kappa shape index (κ3) is 5.83. The van der Waals surface area contributed by atoms with Gasteiger partial charge in [-0.2, -0.15) is 0 Å². The monoisotopic (exact) mass is 229 g/mol. The quantitative estimate of drug-likeness (QED) is 0.668. The van der Waals surface area contributed by atoms with Crippen molar-refractivity contribution in [3.63, 3.8) is 0 Å². The lowest BCUT2D eigenvalue weighted by molar-refractivity contribution is 0.0643. The summed E-state index contributed by atoms with van der Waals surface area (Å²) in [6.45, 7) is 4.92. The summed E-state index contributed by atoms with van der Waals surface area (Å²) in [6.07, 6.45) is 7.62. The molecule has 0 aromatic rings. The van der Waals surface area contributed by atoms with E-state index in [1.807, 2.05) is 0 Å². The summed E-state index contributed by atoms with van der Waals surface area (Å²) in [5.41, 5.74) is 0.